The Bertz CT molecular complexity index is 864. The van der Waals surface area contributed by atoms with Gasteiger partial charge in [0.15, 0.2) is 5.57 Å². The van der Waals surface area contributed by atoms with E-state index in [0.29, 0.717) is 16.4 Å². The van der Waals surface area contributed by atoms with E-state index in [9.17, 15) is 9.59 Å². The van der Waals surface area contributed by atoms with E-state index in [0.717, 1.165) is 5.56 Å². The number of rotatable bonds is 3. The molecule has 25 heavy (non-hydrogen) atoms. The summed E-state index contributed by atoms with van der Waals surface area (Å²) >= 11 is 6.05. The first-order valence-corrected chi connectivity index (χ1v) is 7.87. The third-order valence-corrected chi connectivity index (χ3v) is 3.64. The SMILES string of the molecule is Cc1cnn(-c2ccc(Cl)cc2NC=C2C(=O)OC(C)(C)OC2=O)c1. The molecule has 130 valence electrons. The number of benzene rings is 1. The second-order valence-electron chi connectivity index (χ2n) is 6.00. The molecule has 1 N–H and O–H groups in total. The highest BCUT2D eigenvalue weighted by Gasteiger charge is 2.38. The van der Waals surface area contributed by atoms with Crippen molar-refractivity contribution >= 4 is 29.2 Å². The molecule has 1 fully saturated rings. The second-order valence-corrected chi connectivity index (χ2v) is 6.44. The molecular formula is C17H16ClN3O4. The average molecular weight is 362 g/mol. The number of halogens is 1. The Morgan fingerprint density at radius 2 is 1.92 bits per heavy atom. The lowest BCUT2D eigenvalue weighted by Gasteiger charge is -2.29. The highest BCUT2D eigenvalue weighted by molar-refractivity contribution is 6.31. The standard InChI is InChI=1S/C17H16ClN3O4/c1-10-7-20-21(9-10)14-5-4-11(18)6-13(14)19-8-12-15(22)24-17(2,3)25-16(12)23/h4-9,19H,1-3H3. The van der Waals surface area contributed by atoms with Crippen LogP contribution < -0.4 is 5.32 Å². The van der Waals surface area contributed by atoms with Crippen LogP contribution in [0.3, 0.4) is 0 Å². The summed E-state index contributed by atoms with van der Waals surface area (Å²) in [5.41, 5.74) is 2.02. The number of esters is 2. The molecule has 0 atom stereocenters. The minimum atomic E-state index is -1.28. The zero-order valence-corrected chi connectivity index (χ0v) is 14.6. The van der Waals surface area contributed by atoms with Crippen molar-refractivity contribution < 1.29 is 19.1 Å². The third kappa shape index (κ3) is 3.66. The summed E-state index contributed by atoms with van der Waals surface area (Å²) in [6.45, 7) is 4.90. The molecule has 0 amide bonds. The Labute approximate surface area is 149 Å². The van der Waals surface area contributed by atoms with Gasteiger partial charge in [0.1, 0.15) is 0 Å². The number of anilines is 1. The minimum absolute atomic E-state index is 0.234. The quantitative estimate of drug-likeness (QED) is 0.514. The van der Waals surface area contributed by atoms with Crippen LogP contribution >= 0.6 is 11.6 Å². The summed E-state index contributed by atoms with van der Waals surface area (Å²) < 4.78 is 11.8. The summed E-state index contributed by atoms with van der Waals surface area (Å²) in [5, 5.41) is 7.65. The number of cyclic esters (lactones) is 2. The number of nitrogens with one attached hydrogen (secondary N) is 1. The largest absolute Gasteiger partial charge is 0.419 e. The van der Waals surface area contributed by atoms with Crippen LogP contribution in [0.15, 0.2) is 42.4 Å². The highest BCUT2D eigenvalue weighted by Crippen LogP contribution is 2.26. The van der Waals surface area contributed by atoms with Crippen molar-refractivity contribution in [2.45, 2.75) is 26.6 Å². The lowest BCUT2D eigenvalue weighted by molar-refractivity contribution is -0.222. The number of ether oxygens (including phenoxy) is 2. The summed E-state index contributed by atoms with van der Waals surface area (Å²) in [6, 6.07) is 5.16. The molecule has 1 aliphatic heterocycles. The normalized spacial score (nSPS) is 16.2. The van der Waals surface area contributed by atoms with E-state index in [1.807, 2.05) is 13.1 Å². The van der Waals surface area contributed by atoms with Crippen LogP contribution in [-0.4, -0.2) is 27.5 Å². The molecule has 1 aromatic carbocycles. The smallest absolute Gasteiger partial charge is 0.350 e. The van der Waals surface area contributed by atoms with Gasteiger partial charge in [-0.1, -0.05) is 11.6 Å². The summed E-state index contributed by atoms with van der Waals surface area (Å²) in [7, 11) is 0. The molecular weight excluding hydrogens is 346 g/mol. The van der Waals surface area contributed by atoms with Crippen LogP contribution in [0.25, 0.3) is 5.69 Å². The Morgan fingerprint density at radius 3 is 2.52 bits per heavy atom. The van der Waals surface area contributed by atoms with E-state index in [-0.39, 0.29) is 5.57 Å². The molecule has 3 rings (SSSR count). The van der Waals surface area contributed by atoms with Crippen molar-refractivity contribution in [1.82, 2.24) is 9.78 Å². The maximum absolute atomic E-state index is 12.0. The van der Waals surface area contributed by atoms with E-state index in [4.69, 9.17) is 21.1 Å². The molecule has 0 saturated carbocycles. The van der Waals surface area contributed by atoms with E-state index in [1.165, 1.54) is 20.0 Å². The van der Waals surface area contributed by atoms with Crippen LogP contribution in [0.1, 0.15) is 19.4 Å². The lowest BCUT2D eigenvalue weighted by atomic mass is 10.2. The molecule has 1 aromatic heterocycles. The van der Waals surface area contributed by atoms with Gasteiger partial charge < -0.3 is 14.8 Å². The van der Waals surface area contributed by atoms with E-state index in [2.05, 4.69) is 10.4 Å². The molecule has 2 aromatic rings. The molecule has 8 heteroatoms. The molecule has 2 heterocycles. The van der Waals surface area contributed by atoms with Crippen molar-refractivity contribution in [2.24, 2.45) is 0 Å². The molecule has 7 nitrogen and oxygen atoms in total. The number of hydrogen-bond donors (Lipinski definition) is 1. The number of aromatic nitrogens is 2. The fourth-order valence-corrected chi connectivity index (χ4v) is 2.47. The van der Waals surface area contributed by atoms with Crippen molar-refractivity contribution in [3.05, 3.63) is 53.0 Å². The summed E-state index contributed by atoms with van der Waals surface area (Å²) in [6.07, 6.45) is 4.80. The van der Waals surface area contributed by atoms with Crippen molar-refractivity contribution in [2.75, 3.05) is 5.32 Å². The minimum Gasteiger partial charge on any atom is -0.419 e. The predicted octanol–water partition coefficient (Wildman–Crippen LogP) is 2.97. The van der Waals surface area contributed by atoms with Gasteiger partial charge in [0.25, 0.3) is 5.79 Å². The first-order chi connectivity index (χ1) is 11.7. The fraction of sp³-hybridized carbons (Fsp3) is 0.235. The molecule has 1 saturated heterocycles. The van der Waals surface area contributed by atoms with Crippen LogP contribution in [0.5, 0.6) is 0 Å². The second kappa shape index (κ2) is 6.25. The van der Waals surface area contributed by atoms with Gasteiger partial charge in [-0.3, -0.25) is 0 Å². The molecule has 0 unspecified atom stereocenters. The van der Waals surface area contributed by atoms with E-state index in [1.54, 1.807) is 29.1 Å². The maximum atomic E-state index is 12.0. The topological polar surface area (TPSA) is 82.5 Å². The van der Waals surface area contributed by atoms with Crippen LogP contribution in [0.4, 0.5) is 5.69 Å². The van der Waals surface area contributed by atoms with E-state index < -0.39 is 17.7 Å². The summed E-state index contributed by atoms with van der Waals surface area (Å²) in [5.74, 6) is -2.79. The predicted molar refractivity (Wildman–Crippen MR) is 91.3 cm³/mol. The first kappa shape index (κ1) is 17.0. The van der Waals surface area contributed by atoms with Gasteiger partial charge in [-0.2, -0.15) is 5.10 Å². The Morgan fingerprint density at radius 1 is 1.24 bits per heavy atom. The van der Waals surface area contributed by atoms with E-state index >= 15 is 0 Å². The monoisotopic (exact) mass is 361 g/mol. The molecule has 0 spiro atoms. The molecule has 0 bridgehead atoms. The lowest BCUT2D eigenvalue weighted by Crippen LogP contribution is -2.42. The zero-order chi connectivity index (χ0) is 18.2. The number of nitrogens with zero attached hydrogens (tertiary/aromatic N) is 2. The van der Waals surface area contributed by atoms with Gasteiger partial charge in [0.05, 0.1) is 17.6 Å². The Kier molecular flexibility index (Phi) is 4.26. The molecule has 1 aliphatic rings. The Balaban J connectivity index is 1.92. The van der Waals surface area contributed by atoms with Crippen molar-refractivity contribution in [3.8, 4) is 5.69 Å². The van der Waals surface area contributed by atoms with Gasteiger partial charge in [0, 0.05) is 31.3 Å². The van der Waals surface area contributed by atoms with Gasteiger partial charge in [-0.25, -0.2) is 14.3 Å². The van der Waals surface area contributed by atoms with Gasteiger partial charge in [0.2, 0.25) is 0 Å². The molecule has 0 radical (unpaired) electrons. The van der Waals surface area contributed by atoms with Gasteiger partial charge >= 0.3 is 11.9 Å². The average Bonchev–Trinajstić information content (AvgIpc) is 2.91. The van der Waals surface area contributed by atoms with Gasteiger partial charge in [-0.05, 0) is 30.7 Å². The first-order valence-electron chi connectivity index (χ1n) is 7.50. The number of carbonyl (C=O) groups excluding carboxylic acids is 2. The maximum Gasteiger partial charge on any atom is 0.350 e. The molecule has 0 aliphatic carbocycles. The third-order valence-electron chi connectivity index (χ3n) is 3.41. The van der Waals surface area contributed by atoms with Crippen LogP contribution in [0.2, 0.25) is 5.02 Å². The fourth-order valence-electron chi connectivity index (χ4n) is 2.30. The number of hydrogen-bond acceptors (Lipinski definition) is 6. The van der Waals surface area contributed by atoms with Crippen LogP contribution in [-0.2, 0) is 19.1 Å². The van der Waals surface area contributed by atoms with Gasteiger partial charge in [-0.15, -0.1) is 0 Å². The van der Waals surface area contributed by atoms with Crippen LogP contribution in [0, 0.1) is 6.92 Å². The van der Waals surface area contributed by atoms with Crippen molar-refractivity contribution in [1.29, 1.82) is 0 Å². The number of aryl methyl sites for hydroxylation is 1. The zero-order valence-electron chi connectivity index (χ0n) is 13.9. The summed E-state index contributed by atoms with van der Waals surface area (Å²) in [4.78, 5) is 24.0. The number of carbonyl (C=O) groups is 2. The Hall–Kier alpha value is -2.80. The highest BCUT2D eigenvalue weighted by atomic mass is 35.5. The van der Waals surface area contributed by atoms with Crippen molar-refractivity contribution in [3.63, 3.8) is 0 Å².